The van der Waals surface area contributed by atoms with E-state index >= 15 is 0 Å². The van der Waals surface area contributed by atoms with E-state index in [0.29, 0.717) is 6.04 Å². The molecule has 0 radical (unpaired) electrons. The zero-order valence-electron chi connectivity index (χ0n) is 15.9. The van der Waals surface area contributed by atoms with Crippen molar-refractivity contribution in [3.05, 3.63) is 12.3 Å². The summed E-state index contributed by atoms with van der Waals surface area (Å²) in [4.78, 5) is 0. The van der Waals surface area contributed by atoms with E-state index in [4.69, 9.17) is 11.5 Å². The second kappa shape index (κ2) is 19.5. The van der Waals surface area contributed by atoms with Crippen LogP contribution < -0.4 is 11.5 Å². The average molecular weight is 325 g/mol. The standard InChI is InChI=1S/C21H44N2/c1-2-3-4-5-6-7-8-9-10-11-12-13-14-15-16-18-21(23)19-17-20-22/h17,20-21H,2-16,18-19,22-23H2,1H3. The number of hydrogen-bond donors (Lipinski definition) is 2. The molecule has 0 aromatic rings. The minimum Gasteiger partial charge on any atom is -0.405 e. The Labute approximate surface area is 146 Å². The highest BCUT2D eigenvalue weighted by Crippen LogP contribution is 2.14. The van der Waals surface area contributed by atoms with Gasteiger partial charge in [0.05, 0.1) is 0 Å². The van der Waals surface area contributed by atoms with Gasteiger partial charge in [-0.1, -0.05) is 109 Å². The summed E-state index contributed by atoms with van der Waals surface area (Å²) in [7, 11) is 0. The molecule has 0 heterocycles. The zero-order valence-corrected chi connectivity index (χ0v) is 15.9. The molecule has 0 saturated heterocycles. The maximum absolute atomic E-state index is 6.01. The van der Waals surface area contributed by atoms with Crippen LogP contribution in [0.4, 0.5) is 0 Å². The van der Waals surface area contributed by atoms with Gasteiger partial charge in [-0.05, 0) is 19.0 Å². The van der Waals surface area contributed by atoms with Crippen molar-refractivity contribution in [3.8, 4) is 0 Å². The van der Waals surface area contributed by atoms with Gasteiger partial charge < -0.3 is 11.5 Å². The molecule has 2 nitrogen and oxygen atoms in total. The first kappa shape index (κ1) is 22.5. The fourth-order valence-corrected chi connectivity index (χ4v) is 3.15. The highest BCUT2D eigenvalue weighted by atomic mass is 14.6. The van der Waals surface area contributed by atoms with Gasteiger partial charge >= 0.3 is 0 Å². The van der Waals surface area contributed by atoms with Crippen LogP contribution in [0.2, 0.25) is 0 Å². The van der Waals surface area contributed by atoms with Gasteiger partial charge in [-0.2, -0.15) is 0 Å². The molecule has 0 amide bonds. The van der Waals surface area contributed by atoms with Gasteiger partial charge in [-0.3, -0.25) is 0 Å². The largest absolute Gasteiger partial charge is 0.405 e. The monoisotopic (exact) mass is 324 g/mol. The summed E-state index contributed by atoms with van der Waals surface area (Å²) in [6.07, 6.45) is 26.9. The smallest absolute Gasteiger partial charge is 0.00740 e. The van der Waals surface area contributed by atoms with Crippen molar-refractivity contribution in [2.24, 2.45) is 11.5 Å². The Bertz CT molecular complexity index is 238. The van der Waals surface area contributed by atoms with Crippen molar-refractivity contribution in [1.29, 1.82) is 0 Å². The third-order valence-corrected chi connectivity index (χ3v) is 4.75. The summed E-state index contributed by atoms with van der Waals surface area (Å²) in [5.41, 5.74) is 11.3. The summed E-state index contributed by atoms with van der Waals surface area (Å²) < 4.78 is 0. The van der Waals surface area contributed by atoms with E-state index in [2.05, 4.69) is 6.92 Å². The Morgan fingerprint density at radius 2 is 1.04 bits per heavy atom. The topological polar surface area (TPSA) is 52.0 Å². The molecule has 0 rings (SSSR count). The number of nitrogens with two attached hydrogens (primary N) is 2. The van der Waals surface area contributed by atoms with Gasteiger partial charge in [0.1, 0.15) is 0 Å². The Hall–Kier alpha value is -0.500. The molecule has 0 aromatic heterocycles. The van der Waals surface area contributed by atoms with Gasteiger partial charge in [0.15, 0.2) is 0 Å². The molecular weight excluding hydrogens is 280 g/mol. The van der Waals surface area contributed by atoms with E-state index in [1.807, 2.05) is 6.08 Å². The normalized spacial score (nSPS) is 13.0. The first-order valence-corrected chi connectivity index (χ1v) is 10.4. The molecule has 0 fully saturated rings. The fourth-order valence-electron chi connectivity index (χ4n) is 3.15. The molecule has 0 aliphatic carbocycles. The van der Waals surface area contributed by atoms with Crippen molar-refractivity contribution < 1.29 is 0 Å². The van der Waals surface area contributed by atoms with Crippen LogP contribution in [0, 0.1) is 0 Å². The van der Waals surface area contributed by atoms with Crippen LogP contribution in [-0.2, 0) is 0 Å². The Morgan fingerprint density at radius 1 is 0.652 bits per heavy atom. The number of rotatable bonds is 18. The lowest BCUT2D eigenvalue weighted by Gasteiger charge is -2.08. The van der Waals surface area contributed by atoms with Crippen molar-refractivity contribution in [2.75, 3.05) is 0 Å². The molecule has 138 valence electrons. The molecule has 23 heavy (non-hydrogen) atoms. The fraction of sp³-hybridized carbons (Fsp3) is 0.905. The predicted octanol–water partition coefficient (Wildman–Crippen LogP) is 6.44. The molecule has 4 N–H and O–H groups in total. The van der Waals surface area contributed by atoms with Gasteiger partial charge in [0.25, 0.3) is 0 Å². The van der Waals surface area contributed by atoms with Gasteiger partial charge in [-0.25, -0.2) is 0 Å². The first-order chi connectivity index (χ1) is 11.3. The van der Waals surface area contributed by atoms with Gasteiger partial charge in [-0.15, -0.1) is 0 Å². The third-order valence-electron chi connectivity index (χ3n) is 4.75. The SMILES string of the molecule is CCCCCCCCCCCCCCCCCC(N)CC=CN. The van der Waals surface area contributed by atoms with E-state index in [-0.39, 0.29) is 0 Å². The Kier molecular flexibility index (Phi) is 19.1. The highest BCUT2D eigenvalue weighted by molar-refractivity contribution is 4.80. The van der Waals surface area contributed by atoms with Crippen LogP contribution >= 0.6 is 0 Å². The van der Waals surface area contributed by atoms with Crippen molar-refractivity contribution >= 4 is 0 Å². The lowest BCUT2D eigenvalue weighted by molar-refractivity contribution is 0.515. The Morgan fingerprint density at radius 3 is 1.43 bits per heavy atom. The van der Waals surface area contributed by atoms with Gasteiger partial charge in [0, 0.05) is 6.04 Å². The maximum atomic E-state index is 6.01. The second-order valence-electron chi connectivity index (χ2n) is 7.16. The van der Waals surface area contributed by atoms with Crippen LogP contribution in [0.5, 0.6) is 0 Å². The average Bonchev–Trinajstić information content (AvgIpc) is 2.56. The number of unbranched alkanes of at least 4 members (excludes halogenated alkanes) is 14. The molecule has 0 aliphatic rings. The van der Waals surface area contributed by atoms with Crippen LogP contribution in [0.15, 0.2) is 12.3 Å². The second-order valence-corrected chi connectivity index (χ2v) is 7.16. The van der Waals surface area contributed by atoms with Crippen LogP contribution in [0.25, 0.3) is 0 Å². The van der Waals surface area contributed by atoms with Crippen molar-refractivity contribution in [3.63, 3.8) is 0 Å². The lowest BCUT2D eigenvalue weighted by Crippen LogP contribution is -2.18. The zero-order chi connectivity index (χ0) is 17.0. The van der Waals surface area contributed by atoms with Gasteiger partial charge in [0.2, 0.25) is 0 Å². The minimum absolute atomic E-state index is 0.303. The summed E-state index contributed by atoms with van der Waals surface area (Å²) in [6.45, 7) is 2.29. The van der Waals surface area contributed by atoms with E-state index in [9.17, 15) is 0 Å². The molecule has 1 atom stereocenters. The lowest BCUT2D eigenvalue weighted by atomic mass is 10.0. The van der Waals surface area contributed by atoms with Crippen molar-refractivity contribution in [2.45, 2.75) is 122 Å². The van der Waals surface area contributed by atoms with E-state index in [1.165, 1.54) is 96.3 Å². The van der Waals surface area contributed by atoms with Crippen LogP contribution in [0.3, 0.4) is 0 Å². The molecule has 0 spiro atoms. The first-order valence-electron chi connectivity index (χ1n) is 10.4. The number of hydrogen-bond acceptors (Lipinski definition) is 2. The molecule has 2 heteroatoms. The summed E-state index contributed by atoms with van der Waals surface area (Å²) in [5.74, 6) is 0. The van der Waals surface area contributed by atoms with E-state index in [0.717, 1.165) is 12.8 Å². The molecule has 0 bridgehead atoms. The highest BCUT2D eigenvalue weighted by Gasteiger charge is 1.99. The molecule has 1 unspecified atom stereocenters. The van der Waals surface area contributed by atoms with Crippen molar-refractivity contribution in [1.82, 2.24) is 0 Å². The Balaban J connectivity index is 3.05. The van der Waals surface area contributed by atoms with Crippen LogP contribution in [-0.4, -0.2) is 6.04 Å². The quantitative estimate of drug-likeness (QED) is 0.285. The van der Waals surface area contributed by atoms with Crippen LogP contribution in [0.1, 0.15) is 116 Å². The van der Waals surface area contributed by atoms with E-state index in [1.54, 1.807) is 6.20 Å². The summed E-state index contributed by atoms with van der Waals surface area (Å²) in [5, 5.41) is 0. The minimum atomic E-state index is 0.303. The maximum Gasteiger partial charge on any atom is 0.00740 e. The van der Waals surface area contributed by atoms with E-state index < -0.39 is 0 Å². The third kappa shape index (κ3) is 19.5. The molecule has 0 saturated carbocycles. The molecular formula is C21H44N2. The molecule has 0 aromatic carbocycles. The predicted molar refractivity (Wildman–Crippen MR) is 105 cm³/mol. The summed E-state index contributed by atoms with van der Waals surface area (Å²) >= 11 is 0. The molecule has 0 aliphatic heterocycles. The summed E-state index contributed by atoms with van der Waals surface area (Å²) in [6, 6.07) is 0.303.